The van der Waals surface area contributed by atoms with Crippen LogP contribution < -0.4 is 5.32 Å². The second-order valence-corrected chi connectivity index (χ2v) is 6.26. The summed E-state index contributed by atoms with van der Waals surface area (Å²) in [5.74, 6) is 0.731. The molecule has 0 spiro atoms. The van der Waals surface area contributed by atoms with Crippen molar-refractivity contribution >= 4 is 40.3 Å². The number of nitrogens with one attached hydrogen (secondary N) is 1. The van der Waals surface area contributed by atoms with E-state index in [1.54, 1.807) is 0 Å². The number of nitrogens with zero attached hydrogens (tertiary/aromatic N) is 3. The van der Waals surface area contributed by atoms with Gasteiger partial charge in [-0.25, -0.2) is 4.99 Å². The molecular weight excluding hydrogens is 328 g/mol. The van der Waals surface area contributed by atoms with Crippen molar-refractivity contribution in [3.8, 4) is 0 Å². The van der Waals surface area contributed by atoms with Gasteiger partial charge in [0.2, 0.25) is 0 Å². The molecule has 1 heterocycles. The van der Waals surface area contributed by atoms with Crippen molar-refractivity contribution in [1.82, 2.24) is 9.59 Å². The van der Waals surface area contributed by atoms with E-state index in [0.717, 1.165) is 33.3 Å². The van der Waals surface area contributed by atoms with Crippen LogP contribution in [0.15, 0.2) is 53.5 Å². The summed E-state index contributed by atoms with van der Waals surface area (Å²) in [5, 5.41) is 8.15. The van der Waals surface area contributed by atoms with Crippen LogP contribution in [-0.2, 0) is 0 Å². The lowest BCUT2D eigenvalue weighted by molar-refractivity contribution is 1.09. The highest BCUT2D eigenvalue weighted by Crippen LogP contribution is 2.25. The topological polar surface area (TPSA) is 50.2 Å². The predicted octanol–water partition coefficient (Wildman–Crippen LogP) is 5.00. The van der Waals surface area contributed by atoms with Crippen molar-refractivity contribution < 1.29 is 0 Å². The Balaban J connectivity index is 2.04. The van der Waals surface area contributed by atoms with Gasteiger partial charge in [0.15, 0.2) is 5.84 Å². The fraction of sp³-hybridized carbons (Fsp3) is 0.118. The molecular formula is C17H15ClN4S. The smallest absolute Gasteiger partial charge is 0.152 e. The molecule has 23 heavy (non-hydrogen) atoms. The first kappa shape index (κ1) is 15.6. The van der Waals surface area contributed by atoms with Crippen molar-refractivity contribution in [2.75, 3.05) is 5.32 Å². The quantitative estimate of drug-likeness (QED) is 0.538. The van der Waals surface area contributed by atoms with Crippen LogP contribution in [0, 0.1) is 13.8 Å². The zero-order valence-corrected chi connectivity index (χ0v) is 14.3. The van der Waals surface area contributed by atoms with Crippen LogP contribution in [0.3, 0.4) is 0 Å². The third-order valence-corrected chi connectivity index (χ3v) is 4.36. The average molecular weight is 343 g/mol. The number of aromatic nitrogens is 2. The number of halogens is 1. The first-order chi connectivity index (χ1) is 11.1. The predicted molar refractivity (Wildman–Crippen MR) is 97.1 cm³/mol. The molecule has 3 rings (SSSR count). The number of benzene rings is 2. The van der Waals surface area contributed by atoms with Gasteiger partial charge in [0.25, 0.3) is 0 Å². The highest BCUT2D eigenvalue weighted by Gasteiger charge is 2.12. The minimum atomic E-state index is 0.703. The van der Waals surface area contributed by atoms with Crippen LogP contribution in [0.25, 0.3) is 0 Å². The molecule has 0 aliphatic heterocycles. The van der Waals surface area contributed by atoms with Gasteiger partial charge < -0.3 is 5.32 Å². The molecule has 3 aromatic rings. The van der Waals surface area contributed by atoms with Crippen LogP contribution in [0.4, 0.5) is 11.4 Å². The highest BCUT2D eigenvalue weighted by atomic mass is 35.5. The average Bonchev–Trinajstić information content (AvgIpc) is 2.96. The van der Waals surface area contributed by atoms with Gasteiger partial charge in [-0.15, -0.1) is 5.10 Å². The number of aryl methyl sites for hydroxylation is 2. The Morgan fingerprint density at radius 2 is 1.91 bits per heavy atom. The van der Waals surface area contributed by atoms with E-state index in [1.807, 2.05) is 62.4 Å². The standard InChI is InChI=1S/C17H15ClN4S/c1-11-10-13(18)8-9-15(11)20-17(16-12(2)21-22-23-16)19-14-6-4-3-5-7-14/h3-10H,1-2H3,(H,19,20). The molecule has 0 amide bonds. The van der Waals surface area contributed by atoms with Crippen LogP contribution in [0.5, 0.6) is 0 Å². The summed E-state index contributed by atoms with van der Waals surface area (Å²) in [4.78, 5) is 5.69. The fourth-order valence-corrected chi connectivity index (χ4v) is 2.93. The van der Waals surface area contributed by atoms with Crippen LogP contribution >= 0.6 is 23.1 Å². The first-order valence-corrected chi connectivity index (χ1v) is 8.25. The van der Waals surface area contributed by atoms with E-state index in [0.29, 0.717) is 5.02 Å². The van der Waals surface area contributed by atoms with E-state index < -0.39 is 0 Å². The van der Waals surface area contributed by atoms with Gasteiger partial charge in [0.1, 0.15) is 4.88 Å². The lowest BCUT2D eigenvalue weighted by atomic mass is 10.2. The Kier molecular flexibility index (Phi) is 4.69. The summed E-state index contributed by atoms with van der Waals surface area (Å²) >= 11 is 7.35. The molecule has 116 valence electrons. The summed E-state index contributed by atoms with van der Waals surface area (Å²) in [7, 11) is 0. The molecule has 6 heteroatoms. The number of anilines is 1. The fourth-order valence-electron chi connectivity index (χ4n) is 2.11. The van der Waals surface area contributed by atoms with Gasteiger partial charge in [-0.1, -0.05) is 34.3 Å². The van der Waals surface area contributed by atoms with E-state index in [1.165, 1.54) is 11.5 Å². The normalized spacial score (nSPS) is 11.5. The number of amidine groups is 1. The van der Waals surface area contributed by atoms with Gasteiger partial charge in [-0.3, -0.25) is 0 Å². The molecule has 0 fully saturated rings. The van der Waals surface area contributed by atoms with Gasteiger partial charge in [0.05, 0.1) is 11.4 Å². The number of hydrogen-bond acceptors (Lipinski definition) is 4. The van der Waals surface area contributed by atoms with Gasteiger partial charge in [-0.05, 0) is 61.3 Å². The first-order valence-electron chi connectivity index (χ1n) is 7.10. The number of para-hydroxylation sites is 1. The molecule has 0 atom stereocenters. The van der Waals surface area contributed by atoms with E-state index >= 15 is 0 Å². The molecule has 0 aliphatic carbocycles. The lowest BCUT2D eigenvalue weighted by Gasteiger charge is -2.10. The number of rotatable bonds is 3. The number of hydrogen-bond donors (Lipinski definition) is 1. The Hall–Kier alpha value is -2.24. The summed E-state index contributed by atoms with van der Waals surface area (Å²) in [6.45, 7) is 3.92. The molecule has 4 nitrogen and oxygen atoms in total. The summed E-state index contributed by atoms with van der Waals surface area (Å²) in [5.41, 5.74) is 3.69. The second-order valence-electron chi connectivity index (χ2n) is 5.07. The molecule has 1 N–H and O–H groups in total. The molecule has 0 aliphatic rings. The lowest BCUT2D eigenvalue weighted by Crippen LogP contribution is -2.13. The van der Waals surface area contributed by atoms with E-state index in [-0.39, 0.29) is 0 Å². The third kappa shape index (κ3) is 3.75. The molecule has 0 saturated heterocycles. The second kappa shape index (κ2) is 6.89. The van der Waals surface area contributed by atoms with E-state index in [9.17, 15) is 0 Å². The van der Waals surface area contributed by atoms with Gasteiger partial charge in [-0.2, -0.15) is 0 Å². The molecule has 0 radical (unpaired) electrons. The van der Waals surface area contributed by atoms with Crippen molar-refractivity contribution in [1.29, 1.82) is 0 Å². The van der Waals surface area contributed by atoms with E-state index in [4.69, 9.17) is 16.6 Å². The molecule has 2 aromatic carbocycles. The van der Waals surface area contributed by atoms with Crippen LogP contribution in [-0.4, -0.2) is 15.4 Å². The number of aliphatic imine (C=N–C) groups is 1. The summed E-state index contributed by atoms with van der Waals surface area (Å²) < 4.78 is 4.01. The molecule has 0 saturated carbocycles. The summed E-state index contributed by atoms with van der Waals surface area (Å²) in [6.07, 6.45) is 0. The van der Waals surface area contributed by atoms with Gasteiger partial charge in [0, 0.05) is 10.7 Å². The molecule has 0 bridgehead atoms. The maximum absolute atomic E-state index is 6.03. The largest absolute Gasteiger partial charge is 0.339 e. The Labute approximate surface area is 144 Å². The highest BCUT2D eigenvalue weighted by molar-refractivity contribution is 7.08. The molecule has 1 aromatic heterocycles. The van der Waals surface area contributed by atoms with Crippen LogP contribution in [0.1, 0.15) is 16.1 Å². The minimum absolute atomic E-state index is 0.703. The minimum Gasteiger partial charge on any atom is -0.339 e. The SMILES string of the molecule is Cc1cc(Cl)ccc1N=C(Nc1ccccc1)c1snnc1C. The van der Waals surface area contributed by atoms with Crippen LogP contribution in [0.2, 0.25) is 5.02 Å². The zero-order chi connectivity index (χ0) is 16.2. The maximum Gasteiger partial charge on any atom is 0.152 e. The Morgan fingerprint density at radius 3 is 2.57 bits per heavy atom. The van der Waals surface area contributed by atoms with Crippen molar-refractivity contribution in [3.63, 3.8) is 0 Å². The van der Waals surface area contributed by atoms with Gasteiger partial charge >= 0.3 is 0 Å². The van der Waals surface area contributed by atoms with Crippen molar-refractivity contribution in [2.45, 2.75) is 13.8 Å². The van der Waals surface area contributed by atoms with E-state index in [2.05, 4.69) is 14.9 Å². The van der Waals surface area contributed by atoms with Crippen molar-refractivity contribution in [3.05, 3.63) is 69.7 Å². The molecule has 0 unspecified atom stereocenters. The summed E-state index contributed by atoms with van der Waals surface area (Å²) in [6, 6.07) is 15.6. The Morgan fingerprint density at radius 1 is 1.13 bits per heavy atom. The third-order valence-electron chi connectivity index (χ3n) is 3.29. The monoisotopic (exact) mass is 342 g/mol. The van der Waals surface area contributed by atoms with Crippen molar-refractivity contribution in [2.24, 2.45) is 4.99 Å². The maximum atomic E-state index is 6.03. The Bertz CT molecular complexity index is 843. The zero-order valence-electron chi connectivity index (χ0n) is 12.7.